The first-order valence-electron chi connectivity index (χ1n) is 6.35. The predicted octanol–water partition coefficient (Wildman–Crippen LogP) is 2.41. The molecule has 0 heterocycles. The fraction of sp³-hybridized carbons (Fsp3) is 0.125. The molecule has 4 nitrogen and oxygen atoms in total. The van der Waals surface area contributed by atoms with Gasteiger partial charge in [0.25, 0.3) is 11.7 Å². The van der Waals surface area contributed by atoms with E-state index in [1.54, 1.807) is 48.5 Å². The lowest BCUT2D eigenvalue weighted by Crippen LogP contribution is -2.52. The van der Waals surface area contributed by atoms with Crippen LogP contribution in [0.15, 0.2) is 60.7 Å². The molecule has 2 aromatic rings. The largest absolute Gasteiger partial charge is 0.477 e. The second-order valence-electron chi connectivity index (χ2n) is 4.59. The highest BCUT2D eigenvalue weighted by atomic mass is 19.1. The molecule has 0 spiro atoms. The Morgan fingerprint density at radius 1 is 1.00 bits per heavy atom. The third-order valence-corrected chi connectivity index (χ3v) is 2.98. The number of carbonyl (C=O) groups excluding carboxylic acids is 1. The SMILES string of the molecule is O=C(NC(F)(Cc1ccccc1)C(=O)O)c1ccccc1. The van der Waals surface area contributed by atoms with Crippen LogP contribution in [0.4, 0.5) is 4.39 Å². The molecule has 2 rings (SSSR count). The zero-order chi connectivity index (χ0) is 15.3. The van der Waals surface area contributed by atoms with E-state index in [2.05, 4.69) is 0 Å². The summed E-state index contributed by atoms with van der Waals surface area (Å²) < 4.78 is 14.6. The molecule has 21 heavy (non-hydrogen) atoms. The number of carboxylic acid groups (broad SMARTS) is 1. The van der Waals surface area contributed by atoms with Crippen LogP contribution in [0.1, 0.15) is 15.9 Å². The lowest BCUT2D eigenvalue weighted by atomic mass is 10.0. The lowest BCUT2D eigenvalue weighted by molar-refractivity contribution is -0.152. The molecule has 2 N–H and O–H groups in total. The highest BCUT2D eigenvalue weighted by molar-refractivity contribution is 5.97. The number of hydrogen-bond acceptors (Lipinski definition) is 2. The van der Waals surface area contributed by atoms with Gasteiger partial charge in [-0.25, -0.2) is 9.18 Å². The van der Waals surface area contributed by atoms with Crippen molar-refractivity contribution in [2.75, 3.05) is 0 Å². The Bertz CT molecular complexity index is 630. The summed E-state index contributed by atoms with van der Waals surface area (Å²) in [7, 11) is 0. The summed E-state index contributed by atoms with van der Waals surface area (Å²) in [5.74, 6) is -5.35. The van der Waals surface area contributed by atoms with Crippen LogP contribution >= 0.6 is 0 Å². The van der Waals surface area contributed by atoms with E-state index in [9.17, 15) is 14.0 Å². The lowest BCUT2D eigenvalue weighted by Gasteiger charge is -2.22. The molecule has 1 unspecified atom stereocenters. The van der Waals surface area contributed by atoms with E-state index in [-0.39, 0.29) is 5.56 Å². The van der Waals surface area contributed by atoms with Crippen molar-refractivity contribution in [1.29, 1.82) is 0 Å². The van der Waals surface area contributed by atoms with Gasteiger partial charge in [0.05, 0.1) is 0 Å². The third kappa shape index (κ3) is 3.66. The van der Waals surface area contributed by atoms with Gasteiger partial charge < -0.3 is 10.4 Å². The highest BCUT2D eigenvalue weighted by Crippen LogP contribution is 2.17. The smallest absolute Gasteiger partial charge is 0.363 e. The number of benzene rings is 2. The fourth-order valence-electron chi connectivity index (χ4n) is 1.89. The standard InChI is InChI=1S/C16H14FNO3/c17-16(15(20)21,11-12-7-3-1-4-8-12)18-14(19)13-9-5-2-6-10-13/h1-10H,11H2,(H,18,19)(H,20,21). The predicted molar refractivity (Wildman–Crippen MR) is 75.5 cm³/mol. The van der Waals surface area contributed by atoms with Crippen molar-refractivity contribution < 1.29 is 19.1 Å². The molecule has 1 atom stereocenters. The molecule has 2 aromatic carbocycles. The number of rotatable bonds is 5. The van der Waals surface area contributed by atoms with E-state index in [0.717, 1.165) is 0 Å². The number of carbonyl (C=O) groups is 2. The average molecular weight is 287 g/mol. The molecule has 0 aliphatic rings. The van der Waals surface area contributed by atoms with Gasteiger partial charge in [0.2, 0.25) is 0 Å². The van der Waals surface area contributed by atoms with E-state index >= 15 is 0 Å². The van der Waals surface area contributed by atoms with Crippen molar-refractivity contribution >= 4 is 11.9 Å². The summed E-state index contributed by atoms with van der Waals surface area (Å²) in [4.78, 5) is 23.1. The van der Waals surface area contributed by atoms with Gasteiger partial charge in [-0.05, 0) is 17.7 Å². The van der Waals surface area contributed by atoms with Crippen LogP contribution in [0.2, 0.25) is 0 Å². The highest BCUT2D eigenvalue weighted by Gasteiger charge is 2.40. The maximum absolute atomic E-state index is 14.6. The van der Waals surface area contributed by atoms with Crippen LogP contribution in [0.25, 0.3) is 0 Å². The third-order valence-electron chi connectivity index (χ3n) is 2.98. The van der Waals surface area contributed by atoms with Gasteiger partial charge in [0.15, 0.2) is 0 Å². The Hall–Kier alpha value is -2.69. The van der Waals surface area contributed by atoms with Crippen molar-refractivity contribution in [3.8, 4) is 0 Å². The number of carboxylic acids is 1. The summed E-state index contributed by atoms with van der Waals surface area (Å²) in [6, 6.07) is 16.2. The van der Waals surface area contributed by atoms with Gasteiger partial charge in [-0.2, -0.15) is 0 Å². The van der Waals surface area contributed by atoms with Gasteiger partial charge in [-0.1, -0.05) is 48.5 Å². The summed E-state index contributed by atoms with van der Waals surface area (Å²) in [5.41, 5.74) is 0.685. The fourth-order valence-corrected chi connectivity index (χ4v) is 1.89. The van der Waals surface area contributed by atoms with E-state index in [1.807, 2.05) is 5.32 Å². The first-order valence-corrected chi connectivity index (χ1v) is 6.35. The van der Waals surface area contributed by atoms with Crippen LogP contribution in [-0.2, 0) is 11.2 Å². The van der Waals surface area contributed by atoms with Crippen molar-refractivity contribution in [3.63, 3.8) is 0 Å². The van der Waals surface area contributed by atoms with E-state index in [1.165, 1.54) is 12.1 Å². The van der Waals surface area contributed by atoms with Crippen molar-refractivity contribution in [3.05, 3.63) is 71.8 Å². The Morgan fingerprint density at radius 2 is 1.52 bits per heavy atom. The first-order chi connectivity index (χ1) is 10.0. The second-order valence-corrected chi connectivity index (χ2v) is 4.59. The Kier molecular flexibility index (Phi) is 4.33. The first kappa shape index (κ1) is 14.7. The summed E-state index contributed by atoms with van der Waals surface area (Å²) >= 11 is 0. The maximum Gasteiger partial charge on any atom is 0.363 e. The van der Waals surface area contributed by atoms with Gasteiger partial charge in [-0.3, -0.25) is 4.79 Å². The zero-order valence-electron chi connectivity index (χ0n) is 11.1. The Labute approximate surface area is 121 Å². The minimum atomic E-state index is -2.85. The molecule has 0 aromatic heterocycles. The summed E-state index contributed by atoms with van der Waals surface area (Å²) in [6.45, 7) is 0. The topological polar surface area (TPSA) is 66.4 Å². The normalized spacial score (nSPS) is 13.2. The monoisotopic (exact) mass is 287 g/mol. The number of amides is 1. The maximum atomic E-state index is 14.6. The number of alkyl halides is 1. The van der Waals surface area contributed by atoms with Crippen molar-refractivity contribution in [2.24, 2.45) is 0 Å². The molecule has 108 valence electrons. The van der Waals surface area contributed by atoms with Crippen LogP contribution in [-0.4, -0.2) is 22.8 Å². The van der Waals surface area contributed by atoms with Crippen LogP contribution in [0.3, 0.4) is 0 Å². The van der Waals surface area contributed by atoms with Gasteiger partial charge >= 0.3 is 5.97 Å². The van der Waals surface area contributed by atoms with E-state index in [0.29, 0.717) is 5.56 Å². The zero-order valence-corrected chi connectivity index (χ0v) is 11.1. The van der Waals surface area contributed by atoms with E-state index < -0.39 is 24.1 Å². The minimum absolute atomic E-state index is 0.203. The molecule has 0 aliphatic heterocycles. The molecular formula is C16H14FNO3. The van der Waals surface area contributed by atoms with Gasteiger partial charge in [0.1, 0.15) is 0 Å². The summed E-state index contributed by atoms with van der Waals surface area (Å²) in [6.07, 6.45) is -0.443. The van der Waals surface area contributed by atoms with Crippen molar-refractivity contribution in [2.45, 2.75) is 12.2 Å². The minimum Gasteiger partial charge on any atom is -0.477 e. The van der Waals surface area contributed by atoms with Crippen molar-refractivity contribution in [1.82, 2.24) is 5.32 Å². The molecule has 0 aliphatic carbocycles. The molecule has 0 radical (unpaired) electrons. The molecule has 5 heteroatoms. The quantitative estimate of drug-likeness (QED) is 0.830. The Morgan fingerprint density at radius 3 is 2.05 bits per heavy atom. The van der Waals surface area contributed by atoms with Gasteiger partial charge in [0, 0.05) is 12.0 Å². The molecule has 0 fully saturated rings. The second kappa shape index (κ2) is 6.17. The van der Waals surface area contributed by atoms with E-state index in [4.69, 9.17) is 5.11 Å². The molecule has 1 amide bonds. The summed E-state index contributed by atoms with van der Waals surface area (Å²) in [5, 5.41) is 11.1. The van der Waals surface area contributed by atoms with Gasteiger partial charge in [-0.15, -0.1) is 0 Å². The molecule has 0 saturated heterocycles. The molecule has 0 saturated carbocycles. The number of nitrogens with one attached hydrogen (secondary N) is 1. The number of halogens is 1. The average Bonchev–Trinajstić information content (AvgIpc) is 2.49. The van der Waals surface area contributed by atoms with Crippen LogP contribution < -0.4 is 5.32 Å². The van der Waals surface area contributed by atoms with Crippen LogP contribution in [0.5, 0.6) is 0 Å². The molecular weight excluding hydrogens is 273 g/mol. The number of aliphatic carboxylic acids is 1. The molecule has 0 bridgehead atoms. The Balaban J connectivity index is 2.19. The number of hydrogen-bond donors (Lipinski definition) is 2. The van der Waals surface area contributed by atoms with Crippen LogP contribution in [0, 0.1) is 0 Å².